The number of hydrogen-bond donors (Lipinski definition) is 3. The number of nitrogens with one attached hydrogen (secondary N) is 2. The van der Waals surface area contributed by atoms with E-state index in [0.717, 1.165) is 4.31 Å². The van der Waals surface area contributed by atoms with Crippen LogP contribution in [0.15, 0.2) is 42.5 Å². The molecular weight excluding hydrogens is 350 g/mol. The molecule has 2 rings (SSSR count). The molecular formula is C16H16ClN3O3S. The molecule has 2 aromatic rings. The lowest BCUT2D eigenvalue weighted by Crippen LogP contribution is -2.26. The molecule has 0 saturated heterocycles. The van der Waals surface area contributed by atoms with Crippen molar-refractivity contribution in [1.29, 1.82) is 0 Å². The number of thiol groups is 1. The third kappa shape index (κ3) is 4.56. The number of halogens is 1. The molecule has 0 saturated carbocycles. The lowest BCUT2D eigenvalue weighted by molar-refractivity contribution is -0.114. The van der Waals surface area contributed by atoms with E-state index in [1.807, 2.05) is 0 Å². The first-order chi connectivity index (χ1) is 11.4. The number of amides is 3. The van der Waals surface area contributed by atoms with Gasteiger partial charge in [0.05, 0.1) is 17.8 Å². The highest BCUT2D eigenvalue weighted by atomic mass is 35.5. The van der Waals surface area contributed by atoms with Gasteiger partial charge in [0.15, 0.2) is 0 Å². The Morgan fingerprint density at radius 1 is 1.08 bits per heavy atom. The van der Waals surface area contributed by atoms with Gasteiger partial charge in [0.1, 0.15) is 5.75 Å². The van der Waals surface area contributed by atoms with E-state index in [-0.39, 0.29) is 5.91 Å². The van der Waals surface area contributed by atoms with E-state index in [0.29, 0.717) is 27.8 Å². The van der Waals surface area contributed by atoms with Crippen LogP contribution in [0.3, 0.4) is 0 Å². The van der Waals surface area contributed by atoms with E-state index in [9.17, 15) is 9.59 Å². The molecule has 0 fully saturated rings. The number of carbonyl (C=O) groups excluding carboxylic acids is 2. The van der Waals surface area contributed by atoms with E-state index in [1.54, 1.807) is 42.5 Å². The molecule has 3 amide bonds. The Bertz CT molecular complexity index is 753. The molecule has 0 aliphatic rings. The summed E-state index contributed by atoms with van der Waals surface area (Å²) in [6.07, 6.45) is 0. The smallest absolute Gasteiger partial charge is 0.336 e. The summed E-state index contributed by atoms with van der Waals surface area (Å²) >= 11 is 10.2. The molecule has 0 spiro atoms. The summed E-state index contributed by atoms with van der Waals surface area (Å²) in [5.74, 6) is 0.352. The summed E-state index contributed by atoms with van der Waals surface area (Å²) in [7, 11) is 1.51. The average Bonchev–Trinajstić information content (AvgIpc) is 2.54. The molecule has 0 aliphatic heterocycles. The number of urea groups is 1. The lowest BCUT2D eigenvalue weighted by Gasteiger charge is -2.17. The van der Waals surface area contributed by atoms with Crippen LogP contribution in [0.25, 0.3) is 0 Å². The van der Waals surface area contributed by atoms with E-state index in [1.165, 1.54) is 14.0 Å². The fraction of sp³-hybridized carbons (Fsp3) is 0.125. The van der Waals surface area contributed by atoms with Gasteiger partial charge < -0.3 is 15.4 Å². The third-order valence-electron chi connectivity index (χ3n) is 3.03. The van der Waals surface area contributed by atoms with Gasteiger partial charge in [0, 0.05) is 18.3 Å². The number of carbonyl (C=O) groups is 2. The van der Waals surface area contributed by atoms with Crippen LogP contribution in [0.4, 0.5) is 21.9 Å². The zero-order valence-electron chi connectivity index (χ0n) is 13.0. The first kappa shape index (κ1) is 18.0. The minimum atomic E-state index is -0.452. The fourth-order valence-corrected chi connectivity index (χ4v) is 2.37. The molecule has 0 bridgehead atoms. The number of ether oxygens (including phenoxy) is 1. The van der Waals surface area contributed by atoms with Crippen LogP contribution in [0, 0.1) is 0 Å². The predicted molar refractivity (Wildman–Crippen MR) is 99.2 cm³/mol. The number of methoxy groups -OCH3 is 1. The monoisotopic (exact) mass is 365 g/mol. The molecule has 0 unspecified atom stereocenters. The minimum absolute atomic E-state index is 0.167. The van der Waals surface area contributed by atoms with E-state index in [2.05, 4.69) is 23.4 Å². The number of hydrogen-bond acceptors (Lipinski definition) is 4. The molecule has 0 atom stereocenters. The summed E-state index contributed by atoms with van der Waals surface area (Å²) in [5.41, 5.74) is 1.69. The van der Waals surface area contributed by atoms with Crippen molar-refractivity contribution in [3.63, 3.8) is 0 Å². The van der Waals surface area contributed by atoms with Crippen molar-refractivity contribution in [3.8, 4) is 5.75 Å². The van der Waals surface area contributed by atoms with E-state index >= 15 is 0 Å². The molecule has 8 heteroatoms. The van der Waals surface area contributed by atoms with E-state index in [4.69, 9.17) is 16.3 Å². The largest absolute Gasteiger partial charge is 0.495 e. The topological polar surface area (TPSA) is 70.7 Å². The second-order valence-electron chi connectivity index (χ2n) is 4.82. The quantitative estimate of drug-likeness (QED) is 0.711. The van der Waals surface area contributed by atoms with Gasteiger partial charge in [-0.3, -0.25) is 4.79 Å². The number of benzene rings is 2. The zero-order chi connectivity index (χ0) is 17.7. The molecule has 0 aliphatic carbocycles. The summed E-state index contributed by atoms with van der Waals surface area (Å²) in [6.45, 7) is 1.42. The van der Waals surface area contributed by atoms with Crippen molar-refractivity contribution >= 4 is 53.4 Å². The van der Waals surface area contributed by atoms with Crippen LogP contribution in [0.5, 0.6) is 5.75 Å². The number of anilines is 3. The molecule has 24 heavy (non-hydrogen) atoms. The van der Waals surface area contributed by atoms with Gasteiger partial charge in [0.2, 0.25) is 5.91 Å². The average molecular weight is 366 g/mol. The standard InChI is InChI=1S/C16H16ClN3O3S/c1-10(21)18-11-3-6-13(7-4-11)20(24)16(22)19-12-5-8-15(23-2)14(17)9-12/h3-9,24H,1-2H3,(H,18,21)(H,19,22). The second-order valence-corrected chi connectivity index (χ2v) is 5.63. The Kier molecular flexibility index (Phi) is 5.94. The summed E-state index contributed by atoms with van der Waals surface area (Å²) in [5, 5.41) is 5.72. The SMILES string of the molecule is COc1ccc(NC(=O)N(S)c2ccc(NC(C)=O)cc2)cc1Cl. The maximum Gasteiger partial charge on any atom is 0.336 e. The van der Waals surface area contributed by atoms with Crippen LogP contribution in [-0.2, 0) is 4.79 Å². The summed E-state index contributed by atoms with van der Waals surface area (Å²) < 4.78 is 6.21. The van der Waals surface area contributed by atoms with Gasteiger partial charge in [-0.15, -0.1) is 0 Å². The maximum atomic E-state index is 12.2. The van der Waals surface area contributed by atoms with E-state index < -0.39 is 6.03 Å². The molecule has 2 N–H and O–H groups in total. The molecule has 6 nitrogen and oxygen atoms in total. The fourth-order valence-electron chi connectivity index (χ4n) is 1.93. The normalized spacial score (nSPS) is 10.0. The van der Waals surface area contributed by atoms with Crippen molar-refractivity contribution < 1.29 is 14.3 Å². The Hall–Kier alpha value is -2.38. The predicted octanol–water partition coefficient (Wildman–Crippen LogP) is 4.19. The van der Waals surface area contributed by atoms with Crippen molar-refractivity contribution in [3.05, 3.63) is 47.5 Å². The molecule has 0 aromatic heterocycles. The summed E-state index contributed by atoms with van der Waals surface area (Å²) in [6, 6.07) is 11.1. The first-order valence-corrected chi connectivity index (χ1v) is 7.69. The third-order valence-corrected chi connectivity index (χ3v) is 3.74. The maximum absolute atomic E-state index is 12.2. The molecule has 126 valence electrons. The van der Waals surface area contributed by atoms with Crippen molar-refractivity contribution in [2.45, 2.75) is 6.92 Å². The summed E-state index contributed by atoms with van der Waals surface area (Å²) in [4.78, 5) is 23.2. The van der Waals surface area contributed by atoms with Crippen molar-refractivity contribution in [2.24, 2.45) is 0 Å². The van der Waals surface area contributed by atoms with Crippen LogP contribution in [0.2, 0.25) is 5.02 Å². The van der Waals surface area contributed by atoms with Gasteiger partial charge in [0.25, 0.3) is 0 Å². The zero-order valence-corrected chi connectivity index (χ0v) is 14.7. The first-order valence-electron chi connectivity index (χ1n) is 6.92. The second kappa shape index (κ2) is 7.94. The Morgan fingerprint density at radius 3 is 2.25 bits per heavy atom. The Morgan fingerprint density at radius 2 is 1.71 bits per heavy atom. The van der Waals surface area contributed by atoms with Crippen LogP contribution in [-0.4, -0.2) is 19.0 Å². The number of rotatable bonds is 4. The van der Waals surface area contributed by atoms with Gasteiger partial charge in [-0.2, -0.15) is 0 Å². The lowest BCUT2D eigenvalue weighted by atomic mass is 10.2. The molecule has 0 heterocycles. The van der Waals surface area contributed by atoms with Gasteiger partial charge in [-0.1, -0.05) is 24.4 Å². The van der Waals surface area contributed by atoms with Crippen molar-refractivity contribution in [1.82, 2.24) is 0 Å². The Labute approximate surface area is 150 Å². The van der Waals surface area contributed by atoms with Gasteiger partial charge in [-0.05, 0) is 42.5 Å². The number of nitrogens with zero attached hydrogens (tertiary/aromatic N) is 1. The van der Waals surface area contributed by atoms with Crippen molar-refractivity contribution in [2.75, 3.05) is 22.0 Å². The minimum Gasteiger partial charge on any atom is -0.495 e. The highest BCUT2D eigenvalue weighted by Gasteiger charge is 2.13. The highest BCUT2D eigenvalue weighted by molar-refractivity contribution is 7.82. The Balaban J connectivity index is 2.06. The van der Waals surface area contributed by atoms with Crippen LogP contribution < -0.4 is 19.7 Å². The molecule has 2 aromatic carbocycles. The van der Waals surface area contributed by atoms with Gasteiger partial charge >= 0.3 is 6.03 Å². The van der Waals surface area contributed by atoms with Gasteiger partial charge in [-0.25, -0.2) is 9.10 Å². The van der Waals surface area contributed by atoms with Crippen LogP contribution in [0.1, 0.15) is 6.92 Å². The van der Waals surface area contributed by atoms with Crippen LogP contribution >= 0.6 is 24.4 Å². The highest BCUT2D eigenvalue weighted by Crippen LogP contribution is 2.28. The molecule has 0 radical (unpaired) electrons.